The third-order valence-electron chi connectivity index (χ3n) is 2.80. The second-order valence-electron chi connectivity index (χ2n) is 4.34. The summed E-state index contributed by atoms with van der Waals surface area (Å²) in [6.07, 6.45) is 3.43. The average molecular weight is 372 g/mol. The van der Waals surface area contributed by atoms with E-state index in [1.807, 2.05) is 13.0 Å². The molecule has 2 rings (SSSR count). The second kappa shape index (κ2) is 7.60. The molecule has 118 valence electrons. The number of hydrogen-bond acceptors (Lipinski definition) is 4. The molecule has 0 saturated carbocycles. The number of benzene rings is 1. The number of allylic oxidation sites excluding steroid dienone is 2. The number of nitrogens with zero attached hydrogens (tertiary/aromatic N) is 4. The first-order chi connectivity index (χ1) is 11.0. The van der Waals surface area contributed by atoms with Crippen LogP contribution in [0.5, 0.6) is 0 Å². The molecule has 23 heavy (non-hydrogen) atoms. The van der Waals surface area contributed by atoms with E-state index in [1.165, 1.54) is 23.2 Å². The Bertz CT molecular complexity index is 790. The van der Waals surface area contributed by atoms with Gasteiger partial charge in [-0.25, -0.2) is 14.4 Å². The molecule has 0 amide bonds. The predicted molar refractivity (Wildman–Crippen MR) is 91.8 cm³/mol. The van der Waals surface area contributed by atoms with Gasteiger partial charge in [0.25, 0.3) is 0 Å². The zero-order valence-corrected chi connectivity index (χ0v) is 14.2. The van der Waals surface area contributed by atoms with Gasteiger partial charge in [0.2, 0.25) is 0 Å². The van der Waals surface area contributed by atoms with Crippen molar-refractivity contribution in [3.63, 3.8) is 0 Å². The molecule has 1 aromatic carbocycles. The van der Waals surface area contributed by atoms with E-state index >= 15 is 0 Å². The van der Waals surface area contributed by atoms with Crippen molar-refractivity contribution in [2.24, 2.45) is 10.1 Å². The van der Waals surface area contributed by atoms with Gasteiger partial charge in [-0.05, 0) is 24.6 Å². The van der Waals surface area contributed by atoms with Crippen molar-refractivity contribution in [2.75, 3.05) is 0 Å². The van der Waals surface area contributed by atoms with Crippen LogP contribution in [0.2, 0.25) is 5.02 Å². The summed E-state index contributed by atoms with van der Waals surface area (Å²) in [7, 11) is 0. The van der Waals surface area contributed by atoms with E-state index in [2.05, 4.69) is 10.1 Å². The molecule has 8 heteroatoms. The fourth-order valence-electron chi connectivity index (χ4n) is 1.83. The normalized spacial score (nSPS) is 17.0. The summed E-state index contributed by atoms with van der Waals surface area (Å²) in [4.78, 5) is 4.12. The standard InChI is InChI=1S/C15H10Cl3FN4/c1-2-7-21-23-12(5-6-20)22-14(17)13(15(23)18)10-4-3-9(19)8-11(10)16/h3-5,7-8H,2H2,1H3/b12-5+,21-7-. The zero-order chi connectivity index (χ0) is 17.0. The summed E-state index contributed by atoms with van der Waals surface area (Å²) in [5.74, 6) is -0.306. The summed E-state index contributed by atoms with van der Waals surface area (Å²) in [6.45, 7) is 1.90. The number of aliphatic imine (C=N–C) groups is 1. The number of rotatable bonds is 3. The van der Waals surface area contributed by atoms with Crippen LogP contribution >= 0.6 is 34.8 Å². The van der Waals surface area contributed by atoms with Crippen LogP contribution in [0.15, 0.2) is 45.3 Å². The third kappa shape index (κ3) is 3.73. The zero-order valence-electron chi connectivity index (χ0n) is 11.9. The first-order valence-electron chi connectivity index (χ1n) is 6.51. The fraction of sp³-hybridized carbons (Fsp3) is 0.133. The minimum absolute atomic E-state index is 0.0351. The Hall–Kier alpha value is -1.87. The molecule has 0 aromatic heterocycles. The minimum Gasteiger partial charge on any atom is -0.215 e. The van der Waals surface area contributed by atoms with Crippen molar-refractivity contribution in [3.05, 3.63) is 51.7 Å². The summed E-state index contributed by atoms with van der Waals surface area (Å²) < 4.78 is 13.2. The van der Waals surface area contributed by atoms with Crippen LogP contribution in [-0.2, 0) is 0 Å². The molecule has 0 bridgehead atoms. The highest BCUT2D eigenvalue weighted by atomic mass is 35.5. The van der Waals surface area contributed by atoms with Crippen LogP contribution in [0.1, 0.15) is 18.9 Å². The van der Waals surface area contributed by atoms with Crippen molar-refractivity contribution >= 4 is 51.8 Å². The van der Waals surface area contributed by atoms with Gasteiger partial charge in [0.15, 0.2) is 5.82 Å². The SMILES string of the molecule is CC/C=N\N1C(Cl)=C(c2ccc(F)cc2Cl)C(Cl)=N/C1=C\C#N. The lowest BCUT2D eigenvalue weighted by Crippen LogP contribution is -2.20. The summed E-state index contributed by atoms with van der Waals surface area (Å²) in [5.41, 5.74) is 0.723. The predicted octanol–water partition coefficient (Wildman–Crippen LogP) is 5.10. The molecule has 4 nitrogen and oxygen atoms in total. The highest BCUT2D eigenvalue weighted by Gasteiger charge is 2.27. The van der Waals surface area contributed by atoms with E-state index in [0.29, 0.717) is 17.6 Å². The molecule has 0 atom stereocenters. The number of halogens is 4. The fourth-order valence-corrected chi connectivity index (χ4v) is 2.74. The van der Waals surface area contributed by atoms with Crippen LogP contribution in [0, 0.1) is 17.1 Å². The van der Waals surface area contributed by atoms with Crippen LogP contribution in [-0.4, -0.2) is 16.4 Å². The van der Waals surface area contributed by atoms with Gasteiger partial charge in [-0.3, -0.25) is 0 Å². The smallest absolute Gasteiger partial charge is 0.167 e. The van der Waals surface area contributed by atoms with Gasteiger partial charge in [-0.15, -0.1) is 0 Å². The Morgan fingerprint density at radius 3 is 2.74 bits per heavy atom. The molecule has 0 spiro atoms. The number of hydrazone groups is 1. The Labute approximate surface area is 147 Å². The molecule has 1 aromatic rings. The Balaban J connectivity index is 2.64. The van der Waals surface area contributed by atoms with E-state index in [-0.39, 0.29) is 21.2 Å². The topological polar surface area (TPSA) is 51.8 Å². The van der Waals surface area contributed by atoms with Crippen molar-refractivity contribution in [1.82, 2.24) is 5.01 Å². The maximum Gasteiger partial charge on any atom is 0.167 e. The van der Waals surface area contributed by atoms with Crippen molar-refractivity contribution in [2.45, 2.75) is 13.3 Å². The first kappa shape index (κ1) is 17.5. The highest BCUT2D eigenvalue weighted by molar-refractivity contribution is 6.77. The van der Waals surface area contributed by atoms with Gasteiger partial charge in [0, 0.05) is 11.8 Å². The Morgan fingerprint density at radius 1 is 1.39 bits per heavy atom. The van der Waals surface area contributed by atoms with Gasteiger partial charge < -0.3 is 0 Å². The minimum atomic E-state index is -0.481. The molecule has 0 N–H and O–H groups in total. The molecule has 0 fully saturated rings. The summed E-state index contributed by atoms with van der Waals surface area (Å²) in [6, 6.07) is 5.70. The monoisotopic (exact) mass is 370 g/mol. The Morgan fingerprint density at radius 2 is 2.13 bits per heavy atom. The summed E-state index contributed by atoms with van der Waals surface area (Å²) in [5, 5.41) is 14.6. The largest absolute Gasteiger partial charge is 0.215 e. The molecule has 1 aliphatic rings. The molecular weight excluding hydrogens is 362 g/mol. The quantitative estimate of drug-likeness (QED) is 0.421. The molecule has 1 aliphatic heterocycles. The number of nitriles is 1. The molecule has 0 radical (unpaired) electrons. The van der Waals surface area contributed by atoms with E-state index < -0.39 is 5.82 Å². The van der Waals surface area contributed by atoms with E-state index in [9.17, 15) is 4.39 Å². The van der Waals surface area contributed by atoms with Crippen molar-refractivity contribution < 1.29 is 4.39 Å². The average Bonchev–Trinajstić information content (AvgIpc) is 2.49. The van der Waals surface area contributed by atoms with Gasteiger partial charge in [0.05, 0.1) is 22.7 Å². The van der Waals surface area contributed by atoms with Gasteiger partial charge in [-0.2, -0.15) is 10.4 Å². The van der Waals surface area contributed by atoms with E-state index in [0.717, 1.165) is 6.07 Å². The van der Waals surface area contributed by atoms with Crippen molar-refractivity contribution in [3.8, 4) is 6.07 Å². The lowest BCUT2D eigenvalue weighted by molar-refractivity contribution is 0.479. The first-order valence-corrected chi connectivity index (χ1v) is 7.65. The van der Waals surface area contributed by atoms with Crippen LogP contribution < -0.4 is 0 Å². The molecule has 0 aliphatic carbocycles. The van der Waals surface area contributed by atoms with Crippen LogP contribution in [0.25, 0.3) is 5.57 Å². The second-order valence-corrected chi connectivity index (χ2v) is 5.47. The maximum atomic E-state index is 13.2. The highest BCUT2D eigenvalue weighted by Crippen LogP contribution is 2.37. The van der Waals surface area contributed by atoms with Gasteiger partial charge in [-0.1, -0.05) is 41.7 Å². The van der Waals surface area contributed by atoms with Crippen LogP contribution in [0.4, 0.5) is 4.39 Å². The molecule has 0 unspecified atom stereocenters. The lowest BCUT2D eigenvalue weighted by Gasteiger charge is -2.25. The van der Waals surface area contributed by atoms with Crippen molar-refractivity contribution in [1.29, 1.82) is 5.26 Å². The van der Waals surface area contributed by atoms with Gasteiger partial charge in [0.1, 0.15) is 16.1 Å². The third-order valence-corrected chi connectivity index (χ3v) is 3.74. The van der Waals surface area contributed by atoms with E-state index in [4.69, 9.17) is 40.1 Å². The molecule has 0 saturated heterocycles. The van der Waals surface area contributed by atoms with Gasteiger partial charge >= 0.3 is 0 Å². The maximum absolute atomic E-state index is 13.2. The lowest BCUT2D eigenvalue weighted by atomic mass is 10.1. The summed E-state index contributed by atoms with van der Waals surface area (Å²) >= 11 is 18.6. The van der Waals surface area contributed by atoms with E-state index in [1.54, 1.807) is 6.21 Å². The molecular formula is C15H10Cl3FN4. The number of hydrogen-bond donors (Lipinski definition) is 0. The van der Waals surface area contributed by atoms with Crippen LogP contribution in [0.3, 0.4) is 0 Å². The molecule has 1 heterocycles. The Kier molecular flexibility index (Phi) is 5.78.